The molecule has 0 radical (unpaired) electrons. The Hall–Kier alpha value is -1.94. The van der Waals surface area contributed by atoms with Crippen LogP contribution >= 0.6 is 23.4 Å². The Bertz CT molecular complexity index is 651. The lowest BCUT2D eigenvalue weighted by molar-refractivity contribution is 1.33. The Kier molecular flexibility index (Phi) is 3.89. The first-order valence-electron chi connectivity index (χ1n) is 5.10. The third-order valence-corrected chi connectivity index (χ3v) is 3.59. The van der Waals surface area contributed by atoms with E-state index in [0.717, 1.165) is 9.79 Å². The molecule has 2 aromatic carbocycles. The second kappa shape index (κ2) is 5.60. The highest BCUT2D eigenvalue weighted by Gasteiger charge is 2.05. The Morgan fingerprint density at radius 3 is 2.28 bits per heavy atom. The Labute approximate surface area is 114 Å². The molecule has 0 fully saturated rings. The van der Waals surface area contributed by atoms with Gasteiger partial charge in [-0.15, -0.1) is 0 Å². The second-order valence-electron chi connectivity index (χ2n) is 3.49. The molecule has 0 aliphatic heterocycles. The molecule has 2 aromatic rings. The smallest absolute Gasteiger partial charge is 0.100 e. The molecule has 0 aromatic heterocycles. The molecule has 0 amide bonds. The molecule has 0 unspecified atom stereocenters. The topological polar surface area (TPSA) is 47.6 Å². The summed E-state index contributed by atoms with van der Waals surface area (Å²) in [4.78, 5) is 1.75. The summed E-state index contributed by atoms with van der Waals surface area (Å²) in [6, 6.07) is 16.6. The maximum Gasteiger partial charge on any atom is 0.100 e. The lowest BCUT2D eigenvalue weighted by Crippen LogP contribution is -1.84. The van der Waals surface area contributed by atoms with E-state index in [1.54, 1.807) is 30.3 Å². The van der Waals surface area contributed by atoms with Crippen molar-refractivity contribution >= 4 is 23.4 Å². The fourth-order valence-electron chi connectivity index (χ4n) is 1.40. The van der Waals surface area contributed by atoms with E-state index in [-0.39, 0.29) is 0 Å². The van der Waals surface area contributed by atoms with E-state index < -0.39 is 0 Å². The van der Waals surface area contributed by atoms with Crippen LogP contribution < -0.4 is 0 Å². The van der Waals surface area contributed by atoms with E-state index >= 15 is 0 Å². The van der Waals surface area contributed by atoms with Gasteiger partial charge in [0.1, 0.15) is 6.07 Å². The summed E-state index contributed by atoms with van der Waals surface area (Å²) in [5.41, 5.74) is 1.11. The third kappa shape index (κ3) is 2.84. The SMILES string of the molecule is N#Cc1ccc(C#N)c(Sc2ccc(Cl)cc2)c1. The summed E-state index contributed by atoms with van der Waals surface area (Å²) in [5, 5.41) is 18.6. The molecule has 2 rings (SSSR count). The summed E-state index contributed by atoms with van der Waals surface area (Å²) in [6.07, 6.45) is 0. The molecule has 18 heavy (non-hydrogen) atoms. The van der Waals surface area contributed by atoms with E-state index in [1.807, 2.05) is 12.1 Å². The molecule has 0 atom stereocenters. The highest BCUT2D eigenvalue weighted by atomic mass is 35.5. The number of hydrogen-bond acceptors (Lipinski definition) is 3. The minimum atomic E-state index is 0.547. The number of rotatable bonds is 2. The van der Waals surface area contributed by atoms with Crippen molar-refractivity contribution in [2.75, 3.05) is 0 Å². The minimum Gasteiger partial charge on any atom is -0.192 e. The first-order valence-corrected chi connectivity index (χ1v) is 6.30. The van der Waals surface area contributed by atoms with E-state index in [2.05, 4.69) is 12.1 Å². The van der Waals surface area contributed by atoms with Gasteiger partial charge in [-0.05, 0) is 42.5 Å². The van der Waals surface area contributed by atoms with E-state index in [4.69, 9.17) is 22.1 Å². The highest BCUT2D eigenvalue weighted by Crippen LogP contribution is 2.31. The van der Waals surface area contributed by atoms with Crippen LogP contribution in [0, 0.1) is 22.7 Å². The lowest BCUT2D eigenvalue weighted by atomic mass is 10.2. The van der Waals surface area contributed by atoms with Crippen molar-refractivity contribution < 1.29 is 0 Å². The predicted octanol–water partition coefficient (Wildman–Crippen LogP) is 4.23. The van der Waals surface area contributed by atoms with Crippen LogP contribution in [0.1, 0.15) is 11.1 Å². The van der Waals surface area contributed by atoms with Gasteiger partial charge in [0.2, 0.25) is 0 Å². The summed E-state index contributed by atoms with van der Waals surface area (Å²) in [7, 11) is 0. The number of benzene rings is 2. The van der Waals surface area contributed by atoms with Gasteiger partial charge >= 0.3 is 0 Å². The standard InChI is InChI=1S/C14H7ClN2S/c15-12-3-5-13(6-4-12)18-14-7-10(8-16)1-2-11(14)9-17/h1-7H. The molecule has 0 heterocycles. The van der Waals surface area contributed by atoms with Crippen molar-refractivity contribution in [1.29, 1.82) is 10.5 Å². The van der Waals surface area contributed by atoms with Crippen molar-refractivity contribution in [2.24, 2.45) is 0 Å². The first kappa shape index (κ1) is 12.5. The van der Waals surface area contributed by atoms with Crippen LogP contribution in [0.3, 0.4) is 0 Å². The van der Waals surface area contributed by atoms with Gasteiger partial charge in [0, 0.05) is 14.8 Å². The van der Waals surface area contributed by atoms with Gasteiger partial charge in [-0.25, -0.2) is 0 Å². The monoisotopic (exact) mass is 270 g/mol. The zero-order chi connectivity index (χ0) is 13.0. The summed E-state index contributed by atoms with van der Waals surface area (Å²) >= 11 is 7.26. The van der Waals surface area contributed by atoms with Gasteiger partial charge in [0.15, 0.2) is 0 Å². The summed E-state index contributed by atoms with van der Waals surface area (Å²) < 4.78 is 0. The number of nitriles is 2. The van der Waals surface area contributed by atoms with Crippen LogP contribution in [0.15, 0.2) is 52.3 Å². The van der Waals surface area contributed by atoms with Crippen molar-refractivity contribution in [1.82, 2.24) is 0 Å². The Morgan fingerprint density at radius 2 is 1.67 bits per heavy atom. The van der Waals surface area contributed by atoms with Crippen LogP contribution in [-0.2, 0) is 0 Å². The predicted molar refractivity (Wildman–Crippen MR) is 71.4 cm³/mol. The fourth-order valence-corrected chi connectivity index (χ4v) is 2.46. The molecule has 2 nitrogen and oxygen atoms in total. The molecule has 4 heteroatoms. The zero-order valence-corrected chi connectivity index (χ0v) is 10.8. The van der Waals surface area contributed by atoms with Gasteiger partial charge in [0.25, 0.3) is 0 Å². The number of halogens is 1. The highest BCUT2D eigenvalue weighted by molar-refractivity contribution is 7.99. The van der Waals surface area contributed by atoms with Crippen molar-refractivity contribution in [2.45, 2.75) is 9.79 Å². The molecular formula is C14H7ClN2S. The lowest BCUT2D eigenvalue weighted by Gasteiger charge is -2.04. The van der Waals surface area contributed by atoms with Gasteiger partial charge in [0.05, 0.1) is 17.2 Å². The van der Waals surface area contributed by atoms with Crippen LogP contribution in [0.25, 0.3) is 0 Å². The van der Waals surface area contributed by atoms with Crippen molar-refractivity contribution in [3.63, 3.8) is 0 Å². The average molecular weight is 271 g/mol. The van der Waals surface area contributed by atoms with E-state index in [9.17, 15) is 0 Å². The molecule has 0 spiro atoms. The normalized spacial score (nSPS) is 9.50. The molecule has 0 bridgehead atoms. The number of nitrogens with zero attached hydrogens (tertiary/aromatic N) is 2. The molecule has 86 valence electrons. The summed E-state index contributed by atoms with van der Waals surface area (Å²) in [6.45, 7) is 0. The second-order valence-corrected chi connectivity index (χ2v) is 5.04. The Morgan fingerprint density at radius 1 is 0.944 bits per heavy atom. The fraction of sp³-hybridized carbons (Fsp3) is 0. The van der Waals surface area contributed by atoms with Gasteiger partial charge in [-0.1, -0.05) is 23.4 Å². The molecular weight excluding hydrogens is 264 g/mol. The maximum absolute atomic E-state index is 9.04. The van der Waals surface area contributed by atoms with Gasteiger partial charge in [-0.3, -0.25) is 0 Å². The summed E-state index contributed by atoms with van der Waals surface area (Å²) in [5.74, 6) is 0. The van der Waals surface area contributed by atoms with Crippen LogP contribution in [0.4, 0.5) is 0 Å². The maximum atomic E-state index is 9.04. The van der Waals surface area contributed by atoms with Gasteiger partial charge < -0.3 is 0 Å². The largest absolute Gasteiger partial charge is 0.192 e. The molecule has 0 aliphatic rings. The number of hydrogen-bond donors (Lipinski definition) is 0. The minimum absolute atomic E-state index is 0.547. The van der Waals surface area contributed by atoms with Crippen molar-refractivity contribution in [3.8, 4) is 12.1 Å². The third-order valence-electron chi connectivity index (χ3n) is 2.27. The van der Waals surface area contributed by atoms with Crippen LogP contribution in [0.5, 0.6) is 0 Å². The zero-order valence-electron chi connectivity index (χ0n) is 9.22. The van der Waals surface area contributed by atoms with E-state index in [1.165, 1.54) is 11.8 Å². The Balaban J connectivity index is 2.36. The van der Waals surface area contributed by atoms with E-state index in [0.29, 0.717) is 16.1 Å². The molecule has 0 saturated carbocycles. The van der Waals surface area contributed by atoms with Crippen molar-refractivity contribution in [3.05, 3.63) is 58.6 Å². The molecule has 0 N–H and O–H groups in total. The quantitative estimate of drug-likeness (QED) is 0.820. The molecule has 0 saturated heterocycles. The van der Waals surface area contributed by atoms with Crippen LogP contribution in [0.2, 0.25) is 5.02 Å². The van der Waals surface area contributed by atoms with Gasteiger partial charge in [-0.2, -0.15) is 10.5 Å². The average Bonchev–Trinajstić information content (AvgIpc) is 2.41. The molecule has 0 aliphatic carbocycles. The van der Waals surface area contributed by atoms with Crippen LogP contribution in [-0.4, -0.2) is 0 Å². The first-order chi connectivity index (χ1) is 8.72.